The summed E-state index contributed by atoms with van der Waals surface area (Å²) >= 11 is 0. The van der Waals surface area contributed by atoms with Gasteiger partial charge in [0.25, 0.3) is 0 Å². The number of rotatable bonds is 6. The van der Waals surface area contributed by atoms with Crippen molar-refractivity contribution in [2.24, 2.45) is 0 Å². The molecule has 4 nitrogen and oxygen atoms in total. The minimum absolute atomic E-state index is 0.0771. The summed E-state index contributed by atoms with van der Waals surface area (Å²) in [5, 5.41) is 9.50. The first-order valence-corrected chi connectivity index (χ1v) is 10.3. The molecule has 0 unspecified atom stereocenters. The summed E-state index contributed by atoms with van der Waals surface area (Å²) < 4.78 is 15.2. The largest absolute Gasteiger partial charge is 0.395 e. The van der Waals surface area contributed by atoms with Crippen molar-refractivity contribution in [1.29, 1.82) is 0 Å². The molecule has 3 aromatic rings. The van der Waals surface area contributed by atoms with Crippen molar-refractivity contribution in [2.45, 2.75) is 38.1 Å². The van der Waals surface area contributed by atoms with Gasteiger partial charge in [-0.15, -0.1) is 0 Å². The van der Waals surface area contributed by atoms with Gasteiger partial charge in [0.2, 0.25) is 0 Å². The van der Waals surface area contributed by atoms with Crippen LogP contribution in [0.2, 0.25) is 0 Å². The predicted molar refractivity (Wildman–Crippen MR) is 114 cm³/mol. The minimum atomic E-state index is -0.291. The molecule has 0 spiro atoms. The fraction of sp³-hybridized carbons (Fsp3) is 0.333. The van der Waals surface area contributed by atoms with E-state index in [2.05, 4.69) is 14.9 Å². The van der Waals surface area contributed by atoms with Gasteiger partial charge in [-0.05, 0) is 24.5 Å². The molecule has 1 saturated carbocycles. The van der Waals surface area contributed by atoms with E-state index >= 15 is 4.39 Å². The zero-order chi connectivity index (χ0) is 20.1. The van der Waals surface area contributed by atoms with Crippen LogP contribution in [0.15, 0.2) is 60.9 Å². The summed E-state index contributed by atoms with van der Waals surface area (Å²) in [6.45, 7) is 0.615. The first kappa shape index (κ1) is 19.5. The van der Waals surface area contributed by atoms with Gasteiger partial charge in [0.05, 0.1) is 24.7 Å². The second-order valence-corrected chi connectivity index (χ2v) is 7.50. The summed E-state index contributed by atoms with van der Waals surface area (Å²) in [6.07, 6.45) is 9.23. The SMILES string of the molecule is OCCN(c1cnc(-c2cccc(-c3ccccc3)c2F)cn1)C1CCCCC1. The first-order valence-electron chi connectivity index (χ1n) is 10.3. The van der Waals surface area contributed by atoms with Gasteiger partial charge in [0, 0.05) is 23.7 Å². The molecule has 1 heterocycles. The van der Waals surface area contributed by atoms with Crippen molar-refractivity contribution in [3.05, 3.63) is 66.7 Å². The van der Waals surface area contributed by atoms with Crippen molar-refractivity contribution in [2.75, 3.05) is 18.1 Å². The number of anilines is 1. The Hall–Kier alpha value is -2.79. The van der Waals surface area contributed by atoms with E-state index in [1.54, 1.807) is 24.5 Å². The lowest BCUT2D eigenvalue weighted by molar-refractivity contribution is 0.289. The number of aliphatic hydroxyl groups is 1. The molecule has 5 heteroatoms. The average molecular weight is 391 g/mol. The van der Waals surface area contributed by atoms with Gasteiger partial charge < -0.3 is 10.0 Å². The average Bonchev–Trinajstić information content (AvgIpc) is 2.79. The monoisotopic (exact) mass is 391 g/mol. The van der Waals surface area contributed by atoms with Gasteiger partial charge in [-0.3, -0.25) is 4.98 Å². The van der Waals surface area contributed by atoms with E-state index < -0.39 is 0 Å². The summed E-state index contributed by atoms with van der Waals surface area (Å²) in [5.74, 6) is 0.453. The molecule has 29 heavy (non-hydrogen) atoms. The van der Waals surface area contributed by atoms with Gasteiger partial charge in [-0.25, -0.2) is 9.37 Å². The molecule has 1 aliphatic carbocycles. The van der Waals surface area contributed by atoms with Crippen LogP contribution in [0.3, 0.4) is 0 Å². The Labute approximate surface area is 171 Å². The summed E-state index contributed by atoms with van der Waals surface area (Å²) in [6, 6.07) is 15.3. The van der Waals surface area contributed by atoms with Crippen molar-refractivity contribution in [1.82, 2.24) is 9.97 Å². The van der Waals surface area contributed by atoms with Gasteiger partial charge >= 0.3 is 0 Å². The standard InChI is InChI=1S/C24H26FN3O/c25-24-20(18-8-3-1-4-9-18)12-7-13-21(24)22-16-27-23(17-26-22)28(14-15-29)19-10-5-2-6-11-19/h1,3-4,7-9,12-13,16-17,19,29H,2,5-6,10-11,14-15H2. The topological polar surface area (TPSA) is 49.2 Å². The van der Waals surface area contributed by atoms with Crippen LogP contribution in [0.5, 0.6) is 0 Å². The number of aliphatic hydroxyl groups excluding tert-OH is 1. The highest BCUT2D eigenvalue weighted by Crippen LogP contribution is 2.31. The fourth-order valence-electron chi connectivity index (χ4n) is 4.16. The molecule has 1 aromatic heterocycles. The lowest BCUT2D eigenvalue weighted by Gasteiger charge is -2.34. The van der Waals surface area contributed by atoms with E-state index in [9.17, 15) is 5.11 Å². The Morgan fingerprint density at radius 3 is 2.34 bits per heavy atom. The summed E-state index contributed by atoms with van der Waals surface area (Å²) in [4.78, 5) is 11.2. The molecular formula is C24H26FN3O. The molecule has 1 fully saturated rings. The number of hydrogen-bond donors (Lipinski definition) is 1. The lowest BCUT2D eigenvalue weighted by atomic mass is 9.94. The van der Waals surface area contributed by atoms with E-state index in [0.29, 0.717) is 29.4 Å². The van der Waals surface area contributed by atoms with Crippen LogP contribution in [0.4, 0.5) is 10.2 Å². The number of hydrogen-bond acceptors (Lipinski definition) is 4. The van der Waals surface area contributed by atoms with Crippen molar-refractivity contribution < 1.29 is 9.50 Å². The Morgan fingerprint density at radius 2 is 1.66 bits per heavy atom. The normalized spacial score (nSPS) is 14.7. The lowest BCUT2D eigenvalue weighted by Crippen LogP contribution is -2.39. The van der Waals surface area contributed by atoms with E-state index in [0.717, 1.165) is 24.2 Å². The molecule has 0 aliphatic heterocycles. The van der Waals surface area contributed by atoms with Crippen LogP contribution in [0.1, 0.15) is 32.1 Å². The zero-order valence-corrected chi connectivity index (χ0v) is 16.5. The van der Waals surface area contributed by atoms with Gasteiger partial charge in [-0.2, -0.15) is 0 Å². The molecule has 0 radical (unpaired) electrons. The highest BCUT2D eigenvalue weighted by molar-refractivity contribution is 5.72. The number of benzene rings is 2. The highest BCUT2D eigenvalue weighted by atomic mass is 19.1. The number of nitrogens with zero attached hydrogens (tertiary/aromatic N) is 3. The molecular weight excluding hydrogens is 365 g/mol. The van der Waals surface area contributed by atoms with Crippen LogP contribution >= 0.6 is 0 Å². The molecule has 2 aromatic carbocycles. The molecule has 1 aliphatic rings. The summed E-state index contributed by atoms with van der Waals surface area (Å²) in [5.41, 5.74) is 2.34. The van der Waals surface area contributed by atoms with Crippen LogP contribution in [0, 0.1) is 5.82 Å². The van der Waals surface area contributed by atoms with E-state index in [4.69, 9.17) is 0 Å². The van der Waals surface area contributed by atoms with Gasteiger partial charge in [-0.1, -0.05) is 61.7 Å². The Kier molecular flexibility index (Phi) is 6.15. The molecule has 4 rings (SSSR count). The molecule has 0 saturated heterocycles. The number of halogens is 1. The van der Waals surface area contributed by atoms with Crippen LogP contribution in [0.25, 0.3) is 22.4 Å². The maximum Gasteiger partial charge on any atom is 0.147 e. The highest BCUT2D eigenvalue weighted by Gasteiger charge is 2.22. The van der Waals surface area contributed by atoms with Crippen LogP contribution in [-0.4, -0.2) is 34.3 Å². The van der Waals surface area contributed by atoms with Crippen LogP contribution in [-0.2, 0) is 0 Å². The maximum atomic E-state index is 15.2. The second kappa shape index (κ2) is 9.14. The predicted octanol–water partition coefficient (Wildman–Crippen LogP) is 5.08. The smallest absolute Gasteiger partial charge is 0.147 e. The fourth-order valence-corrected chi connectivity index (χ4v) is 4.16. The Bertz CT molecular complexity index is 925. The van der Waals surface area contributed by atoms with E-state index in [1.807, 2.05) is 36.4 Å². The van der Waals surface area contributed by atoms with E-state index in [1.165, 1.54) is 19.3 Å². The molecule has 0 bridgehead atoms. The third kappa shape index (κ3) is 4.30. The first-order chi connectivity index (χ1) is 14.3. The van der Waals surface area contributed by atoms with Gasteiger partial charge in [0.1, 0.15) is 11.6 Å². The maximum absolute atomic E-state index is 15.2. The molecule has 0 atom stereocenters. The third-order valence-electron chi connectivity index (χ3n) is 5.65. The van der Waals surface area contributed by atoms with E-state index in [-0.39, 0.29) is 12.4 Å². The van der Waals surface area contributed by atoms with Crippen molar-refractivity contribution in [3.63, 3.8) is 0 Å². The Balaban J connectivity index is 1.62. The van der Waals surface area contributed by atoms with Crippen LogP contribution < -0.4 is 4.90 Å². The van der Waals surface area contributed by atoms with Crippen molar-refractivity contribution >= 4 is 5.82 Å². The molecule has 1 N–H and O–H groups in total. The Morgan fingerprint density at radius 1 is 0.897 bits per heavy atom. The second-order valence-electron chi connectivity index (χ2n) is 7.50. The minimum Gasteiger partial charge on any atom is -0.395 e. The van der Waals surface area contributed by atoms with Crippen molar-refractivity contribution in [3.8, 4) is 22.4 Å². The van der Waals surface area contributed by atoms with Gasteiger partial charge in [0.15, 0.2) is 0 Å². The number of aromatic nitrogens is 2. The zero-order valence-electron chi connectivity index (χ0n) is 16.5. The quantitative estimate of drug-likeness (QED) is 0.636. The third-order valence-corrected chi connectivity index (χ3v) is 5.65. The molecule has 150 valence electrons. The molecule has 0 amide bonds. The summed E-state index contributed by atoms with van der Waals surface area (Å²) in [7, 11) is 0.